The number of rotatable bonds is 4. The fourth-order valence-corrected chi connectivity index (χ4v) is 3.52. The van der Waals surface area contributed by atoms with Crippen LogP contribution in [0.1, 0.15) is 35.8 Å². The lowest BCUT2D eigenvalue weighted by Gasteiger charge is -2.31. The molecule has 5 heteroatoms. The van der Waals surface area contributed by atoms with E-state index in [1.807, 2.05) is 49.4 Å². The summed E-state index contributed by atoms with van der Waals surface area (Å²) in [5.74, 6) is -0.753. The highest BCUT2D eigenvalue weighted by molar-refractivity contribution is 9.10. The number of hydrogen-bond acceptors (Lipinski definition) is 3. The third kappa shape index (κ3) is 3.46. The third-order valence-corrected chi connectivity index (χ3v) is 4.82. The molecule has 0 amide bonds. The van der Waals surface area contributed by atoms with Gasteiger partial charge in [0.25, 0.3) is 0 Å². The van der Waals surface area contributed by atoms with Crippen molar-refractivity contribution in [1.29, 1.82) is 0 Å². The average Bonchev–Trinajstić information content (AvgIpc) is 2.99. The van der Waals surface area contributed by atoms with Gasteiger partial charge in [0.1, 0.15) is 6.04 Å². The molecule has 0 spiro atoms. The summed E-state index contributed by atoms with van der Waals surface area (Å²) in [4.78, 5) is 18.4. The van der Waals surface area contributed by atoms with Crippen molar-refractivity contribution in [3.05, 3.63) is 63.9 Å². The van der Waals surface area contributed by atoms with E-state index in [2.05, 4.69) is 25.8 Å². The van der Waals surface area contributed by atoms with Gasteiger partial charge < -0.3 is 5.11 Å². The van der Waals surface area contributed by atoms with Crippen LogP contribution in [0.15, 0.2) is 46.9 Å². The topological polar surface area (TPSA) is 53.4 Å². The standard InChI is InChI=1S/C18H19BrN2O2/c1-12-4-2-5-15(20-12)17(13-7-9-14(19)10-8-13)21-11-3-6-16(21)18(22)23/h2,4-5,7-10,16-17H,3,6,11H2,1H3,(H,22,23). The smallest absolute Gasteiger partial charge is 0.320 e. The Morgan fingerprint density at radius 3 is 2.70 bits per heavy atom. The van der Waals surface area contributed by atoms with E-state index in [4.69, 9.17) is 0 Å². The van der Waals surface area contributed by atoms with Crippen molar-refractivity contribution < 1.29 is 9.90 Å². The maximum atomic E-state index is 11.6. The van der Waals surface area contributed by atoms with Gasteiger partial charge in [-0.1, -0.05) is 34.1 Å². The number of hydrogen-bond donors (Lipinski definition) is 1. The lowest BCUT2D eigenvalue weighted by Crippen LogP contribution is -2.39. The highest BCUT2D eigenvalue weighted by Crippen LogP contribution is 2.34. The van der Waals surface area contributed by atoms with Crippen molar-refractivity contribution in [2.75, 3.05) is 6.54 Å². The van der Waals surface area contributed by atoms with Gasteiger partial charge in [0, 0.05) is 16.7 Å². The van der Waals surface area contributed by atoms with Crippen LogP contribution in [0.3, 0.4) is 0 Å². The Hall–Kier alpha value is -1.72. The SMILES string of the molecule is Cc1cccc(C(c2ccc(Br)cc2)N2CCCC2C(=O)O)n1. The molecule has 3 rings (SSSR count). The summed E-state index contributed by atoms with van der Waals surface area (Å²) in [7, 11) is 0. The molecule has 2 heterocycles. The van der Waals surface area contributed by atoms with Crippen molar-refractivity contribution in [2.45, 2.75) is 31.8 Å². The minimum absolute atomic E-state index is 0.133. The van der Waals surface area contributed by atoms with E-state index in [0.717, 1.165) is 34.4 Å². The molecular weight excluding hydrogens is 356 g/mol. The van der Waals surface area contributed by atoms with Crippen molar-refractivity contribution in [2.24, 2.45) is 0 Å². The number of halogens is 1. The van der Waals surface area contributed by atoms with Gasteiger partial charge >= 0.3 is 5.97 Å². The van der Waals surface area contributed by atoms with E-state index in [0.29, 0.717) is 6.42 Å². The van der Waals surface area contributed by atoms with E-state index >= 15 is 0 Å². The van der Waals surface area contributed by atoms with Gasteiger partial charge in [-0.25, -0.2) is 0 Å². The first-order chi connectivity index (χ1) is 11.1. The Labute approximate surface area is 144 Å². The quantitative estimate of drug-likeness (QED) is 0.884. The molecular formula is C18H19BrN2O2. The number of carbonyl (C=O) groups is 1. The van der Waals surface area contributed by atoms with E-state index in [1.165, 1.54) is 0 Å². The highest BCUT2D eigenvalue weighted by atomic mass is 79.9. The minimum Gasteiger partial charge on any atom is -0.480 e. The lowest BCUT2D eigenvalue weighted by atomic mass is 10.00. The predicted molar refractivity (Wildman–Crippen MR) is 92.3 cm³/mol. The highest BCUT2D eigenvalue weighted by Gasteiger charge is 2.37. The van der Waals surface area contributed by atoms with Crippen LogP contribution in [0.25, 0.3) is 0 Å². The first-order valence-electron chi connectivity index (χ1n) is 7.74. The number of aliphatic carboxylic acids is 1. The van der Waals surface area contributed by atoms with Gasteiger partial charge in [0.05, 0.1) is 11.7 Å². The Bertz CT molecular complexity index is 702. The molecule has 1 saturated heterocycles. The van der Waals surface area contributed by atoms with Crippen LogP contribution in [-0.4, -0.2) is 33.5 Å². The molecule has 0 saturated carbocycles. The second kappa shape index (κ2) is 6.81. The molecule has 0 aliphatic carbocycles. The number of carboxylic acids is 1. The fourth-order valence-electron chi connectivity index (χ4n) is 3.26. The molecule has 23 heavy (non-hydrogen) atoms. The zero-order valence-corrected chi connectivity index (χ0v) is 14.5. The molecule has 0 bridgehead atoms. The van der Waals surface area contributed by atoms with Crippen LogP contribution in [-0.2, 0) is 4.79 Å². The number of carboxylic acid groups (broad SMARTS) is 1. The lowest BCUT2D eigenvalue weighted by molar-refractivity contribution is -0.142. The van der Waals surface area contributed by atoms with Gasteiger partial charge in [0.15, 0.2) is 0 Å². The van der Waals surface area contributed by atoms with Crippen molar-refractivity contribution in [3.8, 4) is 0 Å². The first-order valence-corrected chi connectivity index (χ1v) is 8.53. The first kappa shape index (κ1) is 16.1. The Morgan fingerprint density at radius 2 is 2.04 bits per heavy atom. The Morgan fingerprint density at radius 1 is 1.30 bits per heavy atom. The number of pyridine rings is 1. The predicted octanol–water partition coefficient (Wildman–Crippen LogP) is 3.79. The van der Waals surface area contributed by atoms with Gasteiger partial charge in [-0.3, -0.25) is 14.7 Å². The van der Waals surface area contributed by atoms with Crippen LogP contribution in [0, 0.1) is 6.92 Å². The van der Waals surface area contributed by atoms with Crippen molar-refractivity contribution in [1.82, 2.24) is 9.88 Å². The maximum Gasteiger partial charge on any atom is 0.320 e. The van der Waals surface area contributed by atoms with Gasteiger partial charge in [-0.05, 0) is 49.6 Å². The summed E-state index contributed by atoms with van der Waals surface area (Å²) in [6, 6.07) is 13.4. The van der Waals surface area contributed by atoms with Gasteiger partial charge in [-0.2, -0.15) is 0 Å². The van der Waals surface area contributed by atoms with Crippen LogP contribution in [0.2, 0.25) is 0 Å². The van der Waals surface area contributed by atoms with E-state index in [1.54, 1.807) is 0 Å². The molecule has 0 radical (unpaired) electrons. The van der Waals surface area contributed by atoms with Gasteiger partial charge in [-0.15, -0.1) is 0 Å². The van der Waals surface area contributed by atoms with Crippen molar-refractivity contribution >= 4 is 21.9 Å². The number of aryl methyl sites for hydroxylation is 1. The summed E-state index contributed by atoms with van der Waals surface area (Å²) in [5, 5.41) is 9.56. The van der Waals surface area contributed by atoms with E-state index in [9.17, 15) is 9.90 Å². The summed E-state index contributed by atoms with van der Waals surface area (Å²) in [6.45, 7) is 2.73. The number of aromatic nitrogens is 1. The van der Waals surface area contributed by atoms with Crippen LogP contribution >= 0.6 is 15.9 Å². The monoisotopic (exact) mass is 374 g/mol. The largest absolute Gasteiger partial charge is 0.480 e. The molecule has 1 aromatic carbocycles. The van der Waals surface area contributed by atoms with Gasteiger partial charge in [0.2, 0.25) is 0 Å². The van der Waals surface area contributed by atoms with E-state index < -0.39 is 12.0 Å². The number of nitrogens with zero attached hydrogens (tertiary/aromatic N) is 2. The zero-order chi connectivity index (χ0) is 16.4. The van der Waals surface area contributed by atoms with Crippen LogP contribution < -0.4 is 0 Å². The number of benzene rings is 1. The van der Waals surface area contributed by atoms with Crippen molar-refractivity contribution in [3.63, 3.8) is 0 Å². The summed E-state index contributed by atoms with van der Waals surface area (Å²) in [6.07, 6.45) is 1.59. The maximum absolute atomic E-state index is 11.6. The molecule has 1 fully saturated rings. The molecule has 1 aliphatic heterocycles. The molecule has 4 nitrogen and oxygen atoms in total. The second-order valence-electron chi connectivity index (χ2n) is 5.89. The Kier molecular flexibility index (Phi) is 4.78. The second-order valence-corrected chi connectivity index (χ2v) is 6.81. The molecule has 2 unspecified atom stereocenters. The molecule has 1 N–H and O–H groups in total. The summed E-state index contributed by atoms with van der Waals surface area (Å²) >= 11 is 3.46. The normalized spacial score (nSPS) is 19.7. The molecule has 120 valence electrons. The molecule has 1 aliphatic rings. The van der Waals surface area contributed by atoms with E-state index in [-0.39, 0.29) is 6.04 Å². The molecule has 2 aromatic rings. The Balaban J connectivity index is 2.06. The molecule has 1 aromatic heterocycles. The molecule has 2 atom stereocenters. The third-order valence-electron chi connectivity index (χ3n) is 4.29. The fraction of sp³-hybridized carbons (Fsp3) is 0.333. The van der Waals surface area contributed by atoms with Crippen LogP contribution in [0.4, 0.5) is 0 Å². The minimum atomic E-state index is -0.753. The average molecular weight is 375 g/mol. The number of likely N-dealkylation sites (tertiary alicyclic amines) is 1. The zero-order valence-electron chi connectivity index (χ0n) is 12.9. The van der Waals surface area contributed by atoms with Crippen LogP contribution in [0.5, 0.6) is 0 Å². The summed E-state index contributed by atoms with van der Waals surface area (Å²) in [5.41, 5.74) is 2.91. The summed E-state index contributed by atoms with van der Waals surface area (Å²) < 4.78 is 1.01.